The normalized spacial score (nSPS) is 23.0. The first-order valence-electron chi connectivity index (χ1n) is 9.12. The second-order valence-corrected chi connectivity index (χ2v) is 7.89. The Morgan fingerprint density at radius 2 is 2.03 bits per heavy atom. The minimum atomic E-state index is -4.76. The Kier molecular flexibility index (Phi) is 4.39. The van der Waals surface area contributed by atoms with Gasteiger partial charge in [-0.15, -0.1) is 0 Å². The standard InChI is InChI=1S/C19H18F4N4O2/c20-14-2-1-11(5-12(14)16(24)28)26-17(29)15-13(19(21,22)23)8-25-27(15)9-18-4-3-10(6-18)7-18/h1-2,5,8,10H,3-4,6-7,9H2,(H2,24,28)(H,26,29). The van der Waals surface area contributed by atoms with Crippen molar-refractivity contribution in [1.29, 1.82) is 0 Å². The highest BCUT2D eigenvalue weighted by Gasteiger charge is 2.51. The van der Waals surface area contributed by atoms with Crippen molar-refractivity contribution in [2.24, 2.45) is 17.1 Å². The van der Waals surface area contributed by atoms with E-state index in [1.165, 1.54) is 0 Å². The number of alkyl halides is 3. The molecular formula is C19H18F4N4O2. The molecule has 1 heterocycles. The number of halogens is 4. The molecule has 0 spiro atoms. The Labute approximate surface area is 163 Å². The van der Waals surface area contributed by atoms with E-state index in [1.807, 2.05) is 0 Å². The van der Waals surface area contributed by atoms with Gasteiger partial charge in [0.2, 0.25) is 0 Å². The van der Waals surface area contributed by atoms with Gasteiger partial charge in [0, 0.05) is 12.2 Å². The van der Waals surface area contributed by atoms with Crippen molar-refractivity contribution in [2.75, 3.05) is 5.32 Å². The molecule has 3 fully saturated rings. The van der Waals surface area contributed by atoms with Crippen LogP contribution in [0.15, 0.2) is 24.4 Å². The molecular weight excluding hydrogens is 392 g/mol. The van der Waals surface area contributed by atoms with E-state index in [2.05, 4.69) is 10.4 Å². The minimum absolute atomic E-state index is 0.0474. The van der Waals surface area contributed by atoms with Crippen LogP contribution in [-0.2, 0) is 12.7 Å². The fourth-order valence-electron chi connectivity index (χ4n) is 4.54. The van der Waals surface area contributed by atoms with Crippen LogP contribution in [0.1, 0.15) is 52.1 Å². The zero-order chi connectivity index (χ0) is 21.0. The van der Waals surface area contributed by atoms with Gasteiger partial charge >= 0.3 is 6.18 Å². The highest BCUT2D eigenvalue weighted by atomic mass is 19.4. The van der Waals surface area contributed by atoms with E-state index < -0.39 is 40.6 Å². The molecule has 3 aliphatic carbocycles. The first kappa shape index (κ1) is 19.4. The highest BCUT2D eigenvalue weighted by Crippen LogP contribution is 2.59. The third-order valence-electron chi connectivity index (χ3n) is 5.86. The number of primary amides is 1. The lowest BCUT2D eigenvalue weighted by Crippen LogP contribution is -2.34. The first-order chi connectivity index (χ1) is 13.6. The summed E-state index contributed by atoms with van der Waals surface area (Å²) >= 11 is 0. The molecule has 29 heavy (non-hydrogen) atoms. The van der Waals surface area contributed by atoms with Crippen LogP contribution in [0.4, 0.5) is 23.2 Å². The Morgan fingerprint density at radius 1 is 1.31 bits per heavy atom. The Bertz CT molecular complexity index is 987. The summed E-state index contributed by atoms with van der Waals surface area (Å²) in [6.45, 7) is 0.234. The molecule has 5 rings (SSSR count). The predicted octanol–water partition coefficient (Wildman–Crippen LogP) is 3.58. The molecule has 2 amide bonds. The van der Waals surface area contributed by atoms with Crippen LogP contribution in [0, 0.1) is 17.2 Å². The lowest BCUT2D eigenvalue weighted by molar-refractivity contribution is -0.138. The van der Waals surface area contributed by atoms with E-state index in [4.69, 9.17) is 5.73 Å². The van der Waals surface area contributed by atoms with Gasteiger partial charge in [-0.3, -0.25) is 14.3 Å². The predicted molar refractivity (Wildman–Crippen MR) is 94.5 cm³/mol. The van der Waals surface area contributed by atoms with Gasteiger partial charge in [0.05, 0.1) is 11.8 Å². The molecule has 154 valence electrons. The summed E-state index contributed by atoms with van der Waals surface area (Å²) in [5.41, 5.74) is 2.70. The van der Waals surface area contributed by atoms with Crippen molar-refractivity contribution < 1.29 is 27.2 Å². The molecule has 3 N–H and O–H groups in total. The van der Waals surface area contributed by atoms with E-state index in [-0.39, 0.29) is 17.6 Å². The van der Waals surface area contributed by atoms with Crippen molar-refractivity contribution in [3.05, 3.63) is 47.0 Å². The summed E-state index contributed by atoms with van der Waals surface area (Å²) in [6, 6.07) is 3.03. The number of carbonyl (C=O) groups excluding carboxylic acids is 2. The number of aromatic nitrogens is 2. The molecule has 0 saturated heterocycles. The number of hydrogen-bond acceptors (Lipinski definition) is 3. The molecule has 10 heteroatoms. The van der Waals surface area contributed by atoms with Gasteiger partial charge < -0.3 is 11.1 Å². The van der Waals surface area contributed by atoms with Gasteiger partial charge in [-0.2, -0.15) is 18.3 Å². The number of carbonyl (C=O) groups is 2. The second-order valence-electron chi connectivity index (χ2n) is 7.89. The number of nitrogens with zero attached hydrogens (tertiary/aromatic N) is 2. The minimum Gasteiger partial charge on any atom is -0.366 e. The van der Waals surface area contributed by atoms with Crippen LogP contribution < -0.4 is 11.1 Å². The molecule has 0 unspecified atom stereocenters. The molecule has 3 aliphatic rings. The van der Waals surface area contributed by atoms with Crippen LogP contribution in [0.3, 0.4) is 0 Å². The van der Waals surface area contributed by atoms with Gasteiger partial charge in [0.15, 0.2) is 0 Å². The summed E-state index contributed by atoms with van der Waals surface area (Å²) in [5.74, 6) is -2.38. The number of nitrogens with one attached hydrogen (secondary N) is 1. The van der Waals surface area contributed by atoms with Gasteiger partial charge in [0.25, 0.3) is 11.8 Å². The quantitative estimate of drug-likeness (QED) is 0.739. The Balaban J connectivity index is 1.65. The molecule has 0 aliphatic heterocycles. The lowest BCUT2D eigenvalue weighted by atomic mass is 9.70. The molecule has 1 aromatic carbocycles. The van der Waals surface area contributed by atoms with Crippen molar-refractivity contribution in [1.82, 2.24) is 9.78 Å². The van der Waals surface area contributed by atoms with E-state index in [0.717, 1.165) is 48.6 Å². The van der Waals surface area contributed by atoms with Crippen LogP contribution in [0.2, 0.25) is 0 Å². The summed E-state index contributed by atoms with van der Waals surface area (Å²) in [6.07, 6.45) is -0.317. The number of anilines is 1. The fourth-order valence-corrected chi connectivity index (χ4v) is 4.54. The van der Waals surface area contributed by atoms with Crippen LogP contribution in [0.5, 0.6) is 0 Å². The molecule has 1 aromatic heterocycles. The van der Waals surface area contributed by atoms with E-state index in [9.17, 15) is 27.2 Å². The summed E-state index contributed by atoms with van der Waals surface area (Å²) < 4.78 is 55.1. The average Bonchev–Trinajstić information content (AvgIpc) is 3.30. The highest BCUT2D eigenvalue weighted by molar-refractivity contribution is 6.05. The van der Waals surface area contributed by atoms with Crippen molar-refractivity contribution >= 4 is 17.5 Å². The van der Waals surface area contributed by atoms with Gasteiger partial charge in [-0.1, -0.05) is 0 Å². The second kappa shape index (κ2) is 6.57. The summed E-state index contributed by atoms with van der Waals surface area (Å²) in [7, 11) is 0. The largest absolute Gasteiger partial charge is 0.420 e. The molecule has 0 radical (unpaired) electrons. The molecule has 2 aromatic rings. The monoisotopic (exact) mass is 410 g/mol. The van der Waals surface area contributed by atoms with E-state index >= 15 is 0 Å². The maximum atomic E-state index is 13.6. The van der Waals surface area contributed by atoms with Crippen molar-refractivity contribution in [3.63, 3.8) is 0 Å². The molecule has 2 bridgehead atoms. The Hall–Kier alpha value is -2.91. The van der Waals surface area contributed by atoms with Crippen LogP contribution in [0.25, 0.3) is 0 Å². The van der Waals surface area contributed by atoms with Gasteiger partial charge in [-0.25, -0.2) is 4.39 Å². The van der Waals surface area contributed by atoms with E-state index in [0.29, 0.717) is 12.1 Å². The third-order valence-corrected chi connectivity index (χ3v) is 5.86. The smallest absolute Gasteiger partial charge is 0.366 e. The SMILES string of the molecule is NC(=O)c1cc(NC(=O)c2c(C(F)(F)F)cnn2CC23CCC(C2)C3)ccc1F. The number of benzene rings is 1. The van der Waals surface area contributed by atoms with Crippen LogP contribution >= 0.6 is 0 Å². The molecule has 0 atom stereocenters. The first-order valence-corrected chi connectivity index (χ1v) is 9.12. The summed E-state index contributed by atoms with van der Waals surface area (Å²) in [4.78, 5) is 24.0. The average molecular weight is 410 g/mol. The van der Waals surface area contributed by atoms with E-state index in [1.54, 1.807) is 0 Å². The van der Waals surface area contributed by atoms with Crippen LogP contribution in [-0.4, -0.2) is 21.6 Å². The maximum absolute atomic E-state index is 13.6. The zero-order valence-electron chi connectivity index (χ0n) is 15.2. The number of nitrogens with two attached hydrogens (primary N) is 1. The number of hydrogen-bond donors (Lipinski definition) is 2. The zero-order valence-corrected chi connectivity index (χ0v) is 15.2. The number of fused-ring (bicyclic) bond motifs is 1. The maximum Gasteiger partial charge on any atom is 0.420 e. The third kappa shape index (κ3) is 3.47. The lowest BCUT2D eigenvalue weighted by Gasteiger charge is -2.38. The van der Waals surface area contributed by atoms with Gasteiger partial charge in [-0.05, 0) is 55.2 Å². The number of rotatable bonds is 5. The topological polar surface area (TPSA) is 90.0 Å². The van der Waals surface area contributed by atoms with Crippen molar-refractivity contribution in [3.8, 4) is 0 Å². The molecule has 3 saturated carbocycles. The fraction of sp³-hybridized carbons (Fsp3) is 0.421. The summed E-state index contributed by atoms with van der Waals surface area (Å²) in [5, 5.41) is 6.14. The number of amides is 2. The Morgan fingerprint density at radius 3 is 2.62 bits per heavy atom. The van der Waals surface area contributed by atoms with Gasteiger partial charge in [0.1, 0.15) is 17.1 Å². The molecule has 6 nitrogen and oxygen atoms in total. The van der Waals surface area contributed by atoms with Crippen molar-refractivity contribution in [2.45, 2.75) is 38.4 Å².